The first-order chi connectivity index (χ1) is 17.1. The van der Waals surface area contributed by atoms with Crippen molar-refractivity contribution in [2.24, 2.45) is 0 Å². The van der Waals surface area contributed by atoms with Crippen LogP contribution in [0.4, 0.5) is 15.2 Å². The number of nitrogens with one attached hydrogen (secondary N) is 1. The number of anilines is 2. The molecule has 1 N–H and O–H groups in total. The first-order valence-corrected chi connectivity index (χ1v) is 12.5. The summed E-state index contributed by atoms with van der Waals surface area (Å²) in [7, 11) is 0. The predicted molar refractivity (Wildman–Crippen MR) is 139 cm³/mol. The maximum atomic E-state index is 13.3. The number of piperazine rings is 1. The lowest BCUT2D eigenvalue weighted by atomic mass is 9.96. The van der Waals surface area contributed by atoms with Crippen LogP contribution in [0.15, 0.2) is 84.9 Å². The predicted octanol–water partition coefficient (Wildman–Crippen LogP) is 5.88. The molecule has 1 saturated heterocycles. The summed E-state index contributed by atoms with van der Waals surface area (Å²) in [6, 6.07) is 27.3. The van der Waals surface area contributed by atoms with Gasteiger partial charge in [-0.2, -0.15) is 0 Å². The molecular formula is C28H27FN4OS. The Morgan fingerprint density at radius 3 is 2.03 bits per heavy atom. The van der Waals surface area contributed by atoms with Crippen molar-refractivity contribution in [2.45, 2.75) is 13.0 Å². The second-order valence-electron chi connectivity index (χ2n) is 8.62. The first-order valence-electron chi connectivity index (χ1n) is 11.7. The van der Waals surface area contributed by atoms with E-state index in [9.17, 15) is 9.18 Å². The molecule has 2 heterocycles. The molecule has 1 aliphatic heterocycles. The zero-order chi connectivity index (χ0) is 24.2. The summed E-state index contributed by atoms with van der Waals surface area (Å²) in [5.41, 5.74) is 3.96. The maximum absolute atomic E-state index is 13.3. The van der Waals surface area contributed by atoms with Gasteiger partial charge >= 0.3 is 0 Å². The number of benzene rings is 3. The lowest BCUT2D eigenvalue weighted by molar-refractivity contribution is 0.0601. The number of halogens is 1. The van der Waals surface area contributed by atoms with E-state index >= 15 is 0 Å². The number of rotatable bonds is 6. The molecule has 4 aromatic rings. The number of hydrogen-bond donors (Lipinski definition) is 1. The highest BCUT2D eigenvalue weighted by Gasteiger charge is 2.30. The van der Waals surface area contributed by atoms with Gasteiger partial charge in [-0.1, -0.05) is 72.0 Å². The largest absolute Gasteiger partial charge is 0.335 e. The van der Waals surface area contributed by atoms with Crippen LogP contribution in [0.1, 0.15) is 32.5 Å². The van der Waals surface area contributed by atoms with Crippen LogP contribution in [0.5, 0.6) is 0 Å². The molecule has 0 saturated carbocycles. The second kappa shape index (κ2) is 10.4. The molecule has 3 aromatic carbocycles. The number of aromatic nitrogens is 1. The fourth-order valence-electron chi connectivity index (χ4n) is 4.52. The third kappa shape index (κ3) is 5.26. The van der Waals surface area contributed by atoms with Crippen LogP contribution < -0.4 is 5.32 Å². The van der Waals surface area contributed by atoms with Crippen LogP contribution in [-0.2, 0) is 0 Å². The lowest BCUT2D eigenvalue weighted by Gasteiger charge is -2.39. The highest BCUT2D eigenvalue weighted by atomic mass is 32.1. The van der Waals surface area contributed by atoms with Gasteiger partial charge < -0.3 is 10.2 Å². The Bertz CT molecular complexity index is 1230. The minimum absolute atomic E-state index is 0.0165. The van der Waals surface area contributed by atoms with Gasteiger partial charge in [0.2, 0.25) is 0 Å². The van der Waals surface area contributed by atoms with Crippen molar-refractivity contribution in [1.82, 2.24) is 14.8 Å². The Labute approximate surface area is 208 Å². The SMILES string of the molecule is Cc1nc(Nc2ccc(F)cc2)sc1C(=O)N1CCN(C(c2ccccc2)c2ccccc2)CC1. The fourth-order valence-corrected chi connectivity index (χ4v) is 5.47. The van der Waals surface area contributed by atoms with Crippen molar-refractivity contribution in [3.8, 4) is 0 Å². The van der Waals surface area contributed by atoms with Crippen LogP contribution in [0, 0.1) is 12.7 Å². The van der Waals surface area contributed by atoms with Crippen molar-refractivity contribution in [2.75, 3.05) is 31.5 Å². The van der Waals surface area contributed by atoms with E-state index in [1.165, 1.54) is 34.6 Å². The van der Waals surface area contributed by atoms with Crippen molar-refractivity contribution in [3.63, 3.8) is 0 Å². The highest BCUT2D eigenvalue weighted by molar-refractivity contribution is 7.17. The molecule has 0 radical (unpaired) electrons. The topological polar surface area (TPSA) is 48.5 Å². The quantitative estimate of drug-likeness (QED) is 0.370. The maximum Gasteiger partial charge on any atom is 0.266 e. The van der Waals surface area contributed by atoms with Crippen LogP contribution in [-0.4, -0.2) is 46.9 Å². The third-order valence-corrected chi connectivity index (χ3v) is 7.34. The van der Waals surface area contributed by atoms with E-state index in [1.807, 2.05) is 24.0 Å². The highest BCUT2D eigenvalue weighted by Crippen LogP contribution is 2.31. The van der Waals surface area contributed by atoms with E-state index in [0.29, 0.717) is 28.8 Å². The van der Waals surface area contributed by atoms with E-state index in [1.54, 1.807) is 12.1 Å². The molecule has 35 heavy (non-hydrogen) atoms. The number of aryl methyl sites for hydroxylation is 1. The van der Waals surface area contributed by atoms with Gasteiger partial charge in [-0.05, 0) is 42.3 Å². The number of amides is 1. The van der Waals surface area contributed by atoms with Crippen molar-refractivity contribution < 1.29 is 9.18 Å². The molecule has 0 spiro atoms. The molecule has 0 bridgehead atoms. The fraction of sp³-hybridized carbons (Fsp3) is 0.214. The van der Waals surface area contributed by atoms with Gasteiger partial charge in [-0.15, -0.1) is 0 Å². The average molecular weight is 487 g/mol. The normalized spacial score (nSPS) is 14.3. The lowest BCUT2D eigenvalue weighted by Crippen LogP contribution is -2.49. The number of hydrogen-bond acceptors (Lipinski definition) is 5. The molecule has 5 rings (SSSR count). The van der Waals surface area contributed by atoms with Crippen molar-refractivity contribution in [3.05, 3.63) is 112 Å². The Balaban J connectivity index is 1.28. The molecule has 1 aliphatic rings. The van der Waals surface area contributed by atoms with E-state index < -0.39 is 0 Å². The van der Waals surface area contributed by atoms with E-state index in [0.717, 1.165) is 18.8 Å². The molecule has 1 amide bonds. The van der Waals surface area contributed by atoms with Gasteiger partial charge in [0.15, 0.2) is 5.13 Å². The molecule has 0 atom stereocenters. The van der Waals surface area contributed by atoms with Gasteiger partial charge in [0.25, 0.3) is 5.91 Å². The molecule has 0 aliphatic carbocycles. The molecule has 0 unspecified atom stereocenters. The molecule has 7 heteroatoms. The van der Waals surface area contributed by atoms with E-state index in [2.05, 4.69) is 63.7 Å². The summed E-state index contributed by atoms with van der Waals surface area (Å²) in [5, 5.41) is 3.80. The summed E-state index contributed by atoms with van der Waals surface area (Å²) < 4.78 is 13.2. The van der Waals surface area contributed by atoms with Crippen LogP contribution in [0.25, 0.3) is 0 Å². The van der Waals surface area contributed by atoms with Gasteiger partial charge in [0, 0.05) is 31.9 Å². The second-order valence-corrected chi connectivity index (χ2v) is 9.62. The summed E-state index contributed by atoms with van der Waals surface area (Å²) in [6.07, 6.45) is 0. The van der Waals surface area contributed by atoms with Crippen LogP contribution in [0.3, 0.4) is 0 Å². The van der Waals surface area contributed by atoms with Crippen LogP contribution >= 0.6 is 11.3 Å². The van der Waals surface area contributed by atoms with Crippen LogP contribution in [0.2, 0.25) is 0 Å². The Hall–Kier alpha value is -3.55. The first kappa shape index (κ1) is 23.2. The third-order valence-electron chi connectivity index (χ3n) is 6.28. The zero-order valence-corrected chi connectivity index (χ0v) is 20.3. The summed E-state index contributed by atoms with van der Waals surface area (Å²) in [6.45, 7) is 4.76. The molecular weight excluding hydrogens is 459 g/mol. The Morgan fingerprint density at radius 1 is 0.886 bits per heavy atom. The smallest absolute Gasteiger partial charge is 0.266 e. The summed E-state index contributed by atoms with van der Waals surface area (Å²) >= 11 is 1.34. The van der Waals surface area contributed by atoms with Gasteiger partial charge in [0.05, 0.1) is 11.7 Å². The summed E-state index contributed by atoms with van der Waals surface area (Å²) in [4.78, 5) is 22.9. The number of nitrogens with zero attached hydrogens (tertiary/aromatic N) is 3. The minimum atomic E-state index is -0.289. The van der Waals surface area contributed by atoms with E-state index in [4.69, 9.17) is 0 Å². The number of carbonyl (C=O) groups excluding carboxylic acids is 1. The minimum Gasteiger partial charge on any atom is -0.335 e. The zero-order valence-electron chi connectivity index (χ0n) is 19.5. The molecule has 1 aromatic heterocycles. The molecule has 178 valence electrons. The van der Waals surface area contributed by atoms with Crippen molar-refractivity contribution in [1.29, 1.82) is 0 Å². The molecule has 5 nitrogen and oxygen atoms in total. The van der Waals surface area contributed by atoms with Gasteiger partial charge in [-0.3, -0.25) is 9.69 Å². The molecule has 1 fully saturated rings. The summed E-state index contributed by atoms with van der Waals surface area (Å²) in [5.74, 6) is -0.273. The number of carbonyl (C=O) groups is 1. The van der Waals surface area contributed by atoms with Gasteiger partial charge in [-0.25, -0.2) is 9.37 Å². The standard InChI is InChI=1S/C28H27FN4OS/c1-20-26(35-28(30-20)31-24-14-12-23(29)13-15-24)27(34)33-18-16-32(17-19-33)25(21-8-4-2-5-9-21)22-10-6-3-7-11-22/h2-15,25H,16-19H2,1H3,(H,30,31). The van der Waals surface area contributed by atoms with Gasteiger partial charge in [0.1, 0.15) is 10.7 Å². The van der Waals surface area contributed by atoms with Crippen molar-refractivity contribution >= 4 is 28.1 Å². The average Bonchev–Trinajstić information content (AvgIpc) is 3.26. The monoisotopic (exact) mass is 486 g/mol. The number of thiazole rings is 1. The Kier molecular flexibility index (Phi) is 6.88. The van der Waals surface area contributed by atoms with E-state index in [-0.39, 0.29) is 17.8 Å². The Morgan fingerprint density at radius 2 is 1.46 bits per heavy atom.